The maximum absolute atomic E-state index is 13.0. The lowest BCUT2D eigenvalue weighted by Crippen LogP contribution is -2.36. The van der Waals surface area contributed by atoms with E-state index in [9.17, 15) is 19.7 Å². The number of hydrogen-bond donors (Lipinski definition) is 3. The summed E-state index contributed by atoms with van der Waals surface area (Å²) >= 11 is 0. The molecule has 5 rings (SSSR count). The molecule has 2 amide bonds. The number of fused-ring (bicyclic) bond motifs is 2. The number of carbonyl (C=O) groups excluding carboxylic acids is 2. The molecule has 1 aromatic carbocycles. The van der Waals surface area contributed by atoms with Gasteiger partial charge in [-0.3, -0.25) is 24.7 Å². The summed E-state index contributed by atoms with van der Waals surface area (Å²) in [6, 6.07) is 8.56. The van der Waals surface area contributed by atoms with Crippen LogP contribution in [0.2, 0.25) is 0 Å². The highest BCUT2D eigenvalue weighted by molar-refractivity contribution is 6.00. The van der Waals surface area contributed by atoms with Gasteiger partial charge < -0.3 is 25.4 Å². The molecule has 0 unspecified atom stereocenters. The Balaban J connectivity index is 1.18. The number of nitrogens with zero attached hydrogens (tertiary/aromatic N) is 3. The van der Waals surface area contributed by atoms with Crippen molar-refractivity contribution in [3.05, 3.63) is 52.2 Å². The number of amides is 2. The standard InChI is InChI=1S/C25H26N6O6/c1-36-22-7-6-17-23(30-22)18(8-9-26-17)29-25(33)15-2-4-16(5-3-15)27-12-14-10-19-24(20(11-14)31(34)35)37-13-21(32)28-19/h6-11,15-16,27H,2-5,12-13H2,1H3,(H,28,32)(H,26,29,33)/t15-,16-. The molecule has 3 heterocycles. The van der Waals surface area contributed by atoms with Crippen LogP contribution in [0.5, 0.6) is 11.6 Å². The number of rotatable bonds is 7. The highest BCUT2D eigenvalue weighted by atomic mass is 16.6. The number of benzene rings is 1. The van der Waals surface area contributed by atoms with Gasteiger partial charge in [-0.2, -0.15) is 0 Å². The summed E-state index contributed by atoms with van der Waals surface area (Å²) in [7, 11) is 1.54. The summed E-state index contributed by atoms with van der Waals surface area (Å²) in [5, 5.41) is 20.6. The zero-order valence-corrected chi connectivity index (χ0v) is 20.2. The van der Waals surface area contributed by atoms with Crippen LogP contribution in [0.1, 0.15) is 31.2 Å². The van der Waals surface area contributed by atoms with Gasteiger partial charge in [0.2, 0.25) is 17.5 Å². The Morgan fingerprint density at radius 1 is 1.24 bits per heavy atom. The van der Waals surface area contributed by atoms with E-state index >= 15 is 0 Å². The van der Waals surface area contributed by atoms with Crippen LogP contribution < -0.4 is 25.4 Å². The number of nitrogens with one attached hydrogen (secondary N) is 3. The van der Waals surface area contributed by atoms with E-state index in [1.165, 1.54) is 13.2 Å². The van der Waals surface area contributed by atoms with Crippen molar-refractivity contribution in [1.82, 2.24) is 15.3 Å². The summed E-state index contributed by atoms with van der Waals surface area (Å²) in [5.41, 5.74) is 2.64. The van der Waals surface area contributed by atoms with E-state index in [1.807, 2.05) is 0 Å². The van der Waals surface area contributed by atoms with E-state index in [0.717, 1.165) is 12.8 Å². The van der Waals surface area contributed by atoms with Gasteiger partial charge in [-0.25, -0.2) is 4.98 Å². The summed E-state index contributed by atoms with van der Waals surface area (Å²) in [4.78, 5) is 44.3. The largest absolute Gasteiger partial charge is 0.481 e. The second-order valence-corrected chi connectivity index (χ2v) is 9.08. The molecule has 0 bridgehead atoms. The van der Waals surface area contributed by atoms with Crippen LogP contribution in [-0.4, -0.2) is 46.5 Å². The Kier molecular flexibility index (Phi) is 6.82. The van der Waals surface area contributed by atoms with E-state index in [0.29, 0.717) is 53.2 Å². The maximum atomic E-state index is 13.0. The van der Waals surface area contributed by atoms with E-state index in [-0.39, 0.29) is 41.8 Å². The van der Waals surface area contributed by atoms with Crippen molar-refractivity contribution in [2.75, 3.05) is 24.4 Å². The van der Waals surface area contributed by atoms with E-state index < -0.39 is 4.92 Å². The molecular weight excluding hydrogens is 480 g/mol. The SMILES string of the molecule is COc1ccc2nccc(NC(=O)[C@H]3CC[C@H](NCc4cc5c(c([N+](=O)[O-])c4)OCC(=O)N5)CC3)c2n1. The van der Waals surface area contributed by atoms with Gasteiger partial charge in [0, 0.05) is 36.8 Å². The highest BCUT2D eigenvalue weighted by Crippen LogP contribution is 2.38. The van der Waals surface area contributed by atoms with Gasteiger partial charge in [-0.15, -0.1) is 0 Å². The molecule has 1 aliphatic heterocycles. The minimum absolute atomic E-state index is 0.0587. The summed E-state index contributed by atoms with van der Waals surface area (Å²) in [6.07, 6.45) is 4.62. The number of pyridine rings is 2. The molecule has 0 atom stereocenters. The van der Waals surface area contributed by atoms with Gasteiger partial charge in [0.1, 0.15) is 5.52 Å². The topological polar surface area (TPSA) is 158 Å². The van der Waals surface area contributed by atoms with Crippen LogP contribution in [0.15, 0.2) is 36.5 Å². The molecule has 0 spiro atoms. The number of ether oxygens (including phenoxy) is 2. The molecule has 37 heavy (non-hydrogen) atoms. The van der Waals surface area contributed by atoms with Crippen molar-refractivity contribution >= 4 is 39.9 Å². The van der Waals surface area contributed by atoms with Gasteiger partial charge >= 0.3 is 5.69 Å². The fourth-order valence-corrected chi connectivity index (χ4v) is 4.76. The van der Waals surface area contributed by atoms with E-state index in [2.05, 4.69) is 25.9 Å². The predicted molar refractivity (Wildman–Crippen MR) is 135 cm³/mol. The zero-order chi connectivity index (χ0) is 25.9. The third-order valence-corrected chi connectivity index (χ3v) is 6.67. The number of nitro groups is 1. The maximum Gasteiger partial charge on any atom is 0.313 e. The molecule has 3 N–H and O–H groups in total. The van der Waals surface area contributed by atoms with E-state index in [1.54, 1.807) is 30.5 Å². The van der Waals surface area contributed by atoms with Crippen molar-refractivity contribution in [3.8, 4) is 11.6 Å². The third kappa shape index (κ3) is 5.28. The molecule has 192 valence electrons. The van der Waals surface area contributed by atoms with Crippen LogP contribution >= 0.6 is 0 Å². The van der Waals surface area contributed by atoms with Gasteiger partial charge in [-0.1, -0.05) is 0 Å². The lowest BCUT2D eigenvalue weighted by Gasteiger charge is -2.28. The quantitative estimate of drug-likeness (QED) is 0.323. The molecule has 1 saturated carbocycles. The molecule has 2 aromatic heterocycles. The number of nitro benzene ring substituents is 1. The first-order valence-electron chi connectivity index (χ1n) is 12.0. The van der Waals surface area contributed by atoms with Crippen LogP contribution in [-0.2, 0) is 16.1 Å². The minimum Gasteiger partial charge on any atom is -0.481 e. The number of methoxy groups -OCH3 is 1. The van der Waals surface area contributed by atoms with Gasteiger partial charge in [0.15, 0.2) is 6.61 Å². The van der Waals surface area contributed by atoms with Crippen LogP contribution in [0.25, 0.3) is 11.0 Å². The number of aromatic nitrogens is 2. The highest BCUT2D eigenvalue weighted by Gasteiger charge is 2.29. The van der Waals surface area contributed by atoms with Crippen LogP contribution in [0.4, 0.5) is 17.1 Å². The normalized spacial score (nSPS) is 18.9. The lowest BCUT2D eigenvalue weighted by molar-refractivity contribution is -0.385. The van der Waals surface area contributed by atoms with Gasteiger partial charge in [-0.05, 0) is 49.4 Å². The Bertz CT molecular complexity index is 1370. The Morgan fingerprint density at radius 3 is 2.81 bits per heavy atom. The first-order chi connectivity index (χ1) is 17.9. The van der Waals surface area contributed by atoms with Crippen molar-refractivity contribution in [2.45, 2.75) is 38.3 Å². The fourth-order valence-electron chi connectivity index (χ4n) is 4.76. The first-order valence-corrected chi connectivity index (χ1v) is 12.0. The minimum atomic E-state index is -0.513. The molecule has 1 fully saturated rings. The van der Waals surface area contributed by atoms with Crippen molar-refractivity contribution < 1.29 is 24.0 Å². The molecule has 0 saturated heterocycles. The van der Waals surface area contributed by atoms with Gasteiger partial charge in [0.25, 0.3) is 5.91 Å². The lowest BCUT2D eigenvalue weighted by atomic mass is 9.85. The molecular formula is C25H26N6O6. The first kappa shape index (κ1) is 24.4. The summed E-state index contributed by atoms with van der Waals surface area (Å²) in [6.45, 7) is 0.145. The smallest absolute Gasteiger partial charge is 0.313 e. The number of hydrogen-bond acceptors (Lipinski definition) is 9. The number of carbonyl (C=O) groups is 2. The Morgan fingerprint density at radius 2 is 2.05 bits per heavy atom. The monoisotopic (exact) mass is 506 g/mol. The Hall–Kier alpha value is -4.32. The second-order valence-electron chi connectivity index (χ2n) is 9.08. The van der Waals surface area contributed by atoms with Gasteiger partial charge in [0.05, 0.1) is 28.9 Å². The molecule has 0 radical (unpaired) electrons. The Labute approximate surface area is 211 Å². The van der Waals surface area contributed by atoms with Crippen molar-refractivity contribution in [2.24, 2.45) is 5.92 Å². The summed E-state index contributed by atoms with van der Waals surface area (Å²) < 4.78 is 10.5. The van der Waals surface area contributed by atoms with Crippen molar-refractivity contribution in [1.29, 1.82) is 0 Å². The molecule has 12 heteroatoms. The average molecular weight is 507 g/mol. The predicted octanol–water partition coefficient (Wildman–Crippen LogP) is 3.16. The molecule has 2 aliphatic rings. The zero-order valence-electron chi connectivity index (χ0n) is 20.2. The number of anilines is 2. The summed E-state index contributed by atoms with van der Waals surface area (Å²) in [5.74, 6) is -0.0175. The second kappa shape index (κ2) is 10.3. The van der Waals surface area contributed by atoms with Crippen LogP contribution in [0.3, 0.4) is 0 Å². The molecule has 1 aliphatic carbocycles. The van der Waals surface area contributed by atoms with E-state index in [4.69, 9.17) is 9.47 Å². The van der Waals surface area contributed by atoms with Crippen LogP contribution in [0, 0.1) is 16.0 Å². The molecule has 3 aromatic rings. The average Bonchev–Trinajstić information content (AvgIpc) is 2.91. The molecule has 12 nitrogen and oxygen atoms in total. The van der Waals surface area contributed by atoms with Crippen molar-refractivity contribution in [3.63, 3.8) is 0 Å². The fraction of sp³-hybridized carbons (Fsp3) is 0.360. The third-order valence-electron chi connectivity index (χ3n) is 6.67.